The van der Waals surface area contributed by atoms with Crippen LogP contribution in [0.5, 0.6) is 5.75 Å². The minimum atomic E-state index is -0.0558. The molecule has 1 N–H and O–H groups in total. The van der Waals surface area contributed by atoms with Crippen molar-refractivity contribution in [3.63, 3.8) is 0 Å². The van der Waals surface area contributed by atoms with Crippen molar-refractivity contribution in [3.8, 4) is 5.75 Å². The highest BCUT2D eigenvalue weighted by molar-refractivity contribution is 6.30. The normalized spacial score (nSPS) is 11.0. The fraction of sp³-hybridized carbons (Fsp3) is 0.310. The largest absolute Gasteiger partial charge is 0.494 e. The Morgan fingerprint density at radius 1 is 0.857 bits per heavy atom. The lowest BCUT2D eigenvalue weighted by Gasteiger charge is -2.10. The number of halogens is 1. The first-order valence-electron chi connectivity index (χ1n) is 12.4. The second-order valence-corrected chi connectivity index (χ2v) is 9.05. The molecule has 0 spiro atoms. The van der Waals surface area contributed by atoms with Gasteiger partial charge in [-0.2, -0.15) is 0 Å². The van der Waals surface area contributed by atoms with Crippen molar-refractivity contribution < 1.29 is 9.53 Å². The molecule has 0 saturated heterocycles. The topological polar surface area (TPSA) is 56.2 Å². The van der Waals surface area contributed by atoms with Crippen LogP contribution in [0, 0.1) is 0 Å². The number of fused-ring (bicyclic) bond motifs is 1. The summed E-state index contributed by atoms with van der Waals surface area (Å²) >= 11 is 5.89. The lowest BCUT2D eigenvalue weighted by molar-refractivity contribution is 0.0953. The summed E-state index contributed by atoms with van der Waals surface area (Å²) in [4.78, 5) is 17.1. The van der Waals surface area contributed by atoms with Gasteiger partial charge in [0.15, 0.2) is 0 Å². The van der Waals surface area contributed by atoms with Crippen molar-refractivity contribution in [2.45, 2.75) is 45.1 Å². The Morgan fingerprint density at radius 2 is 1.63 bits per heavy atom. The van der Waals surface area contributed by atoms with E-state index in [-0.39, 0.29) is 5.91 Å². The summed E-state index contributed by atoms with van der Waals surface area (Å²) in [6.45, 7) is 2.32. The first-order valence-corrected chi connectivity index (χ1v) is 12.7. The molecule has 0 fully saturated rings. The minimum absolute atomic E-state index is 0.0558. The first-order chi connectivity index (χ1) is 17.2. The third-order valence-corrected chi connectivity index (χ3v) is 6.24. The number of amides is 1. The summed E-state index contributed by atoms with van der Waals surface area (Å²) in [6.07, 6.45) is 5.98. The number of aromatic nitrogens is 2. The zero-order valence-electron chi connectivity index (χ0n) is 20.0. The molecule has 0 saturated carbocycles. The maximum atomic E-state index is 12.2. The average Bonchev–Trinajstić information content (AvgIpc) is 3.24. The molecule has 3 aromatic carbocycles. The van der Waals surface area contributed by atoms with Gasteiger partial charge in [0.05, 0.1) is 17.6 Å². The number of carbonyl (C=O) groups excluding carboxylic acids is 1. The van der Waals surface area contributed by atoms with Gasteiger partial charge in [-0.05, 0) is 74.2 Å². The average molecular weight is 490 g/mol. The molecule has 5 nitrogen and oxygen atoms in total. The van der Waals surface area contributed by atoms with E-state index in [2.05, 4.69) is 28.1 Å². The Morgan fingerprint density at radius 3 is 2.46 bits per heavy atom. The van der Waals surface area contributed by atoms with Crippen molar-refractivity contribution in [1.29, 1.82) is 0 Å². The molecule has 1 heterocycles. The molecular weight excluding hydrogens is 458 g/mol. The Labute approximate surface area is 212 Å². The maximum Gasteiger partial charge on any atom is 0.251 e. The highest BCUT2D eigenvalue weighted by atomic mass is 35.5. The second kappa shape index (κ2) is 13.0. The number of nitrogens with one attached hydrogen (secondary N) is 1. The molecule has 0 atom stereocenters. The third kappa shape index (κ3) is 7.33. The molecule has 0 aliphatic rings. The summed E-state index contributed by atoms with van der Waals surface area (Å²) in [5.74, 6) is 2.01. The number of hydrogen-bond acceptors (Lipinski definition) is 3. The molecule has 0 unspecified atom stereocenters. The van der Waals surface area contributed by atoms with Crippen LogP contribution in [-0.2, 0) is 13.0 Å². The van der Waals surface area contributed by atoms with Crippen molar-refractivity contribution in [1.82, 2.24) is 14.9 Å². The van der Waals surface area contributed by atoms with Crippen LogP contribution in [0.1, 0.15) is 48.3 Å². The van der Waals surface area contributed by atoms with Gasteiger partial charge >= 0.3 is 0 Å². The van der Waals surface area contributed by atoms with Crippen LogP contribution in [-0.4, -0.2) is 28.6 Å². The quantitative estimate of drug-likeness (QED) is 0.213. The van der Waals surface area contributed by atoms with Gasteiger partial charge in [0, 0.05) is 30.1 Å². The number of nitrogens with zero attached hydrogens (tertiary/aromatic N) is 2. The van der Waals surface area contributed by atoms with Crippen LogP contribution in [0.4, 0.5) is 0 Å². The summed E-state index contributed by atoms with van der Waals surface area (Å²) in [6, 6.07) is 25.3. The van der Waals surface area contributed by atoms with Crippen LogP contribution in [0.25, 0.3) is 11.0 Å². The van der Waals surface area contributed by atoms with Gasteiger partial charge in [-0.15, -0.1) is 0 Å². The van der Waals surface area contributed by atoms with E-state index in [0.717, 1.165) is 62.2 Å². The Bertz CT molecular complexity index is 1210. The highest BCUT2D eigenvalue weighted by Gasteiger charge is 2.10. The van der Waals surface area contributed by atoms with E-state index in [1.807, 2.05) is 36.4 Å². The maximum absolute atomic E-state index is 12.2. The monoisotopic (exact) mass is 489 g/mol. The predicted octanol–water partition coefficient (Wildman–Crippen LogP) is 6.69. The molecule has 0 bridgehead atoms. The van der Waals surface area contributed by atoms with E-state index in [0.29, 0.717) is 23.7 Å². The molecule has 0 aliphatic carbocycles. The van der Waals surface area contributed by atoms with Gasteiger partial charge in [-0.25, -0.2) is 4.98 Å². The third-order valence-electron chi connectivity index (χ3n) is 5.99. The number of aryl methyl sites for hydroxylation is 2. The van der Waals surface area contributed by atoms with Crippen molar-refractivity contribution >= 4 is 28.5 Å². The standard InChI is InChI=1S/C29H32ClN3O2/c30-24-18-16-23(17-19-24)29(34)31-20-8-2-5-15-28-32-26-13-6-7-14-27(26)33(28)21-9-10-22-35-25-11-3-1-4-12-25/h1,3-4,6-7,11-14,16-19H,2,5,8-10,15,20-22H2,(H,31,34). The zero-order chi connectivity index (χ0) is 24.3. The zero-order valence-corrected chi connectivity index (χ0v) is 20.7. The number of benzene rings is 3. The molecule has 1 aromatic heterocycles. The lowest BCUT2D eigenvalue weighted by atomic mass is 10.1. The number of rotatable bonds is 13. The van der Waals surface area contributed by atoms with Gasteiger partial charge in [0.2, 0.25) is 0 Å². The molecule has 0 radical (unpaired) electrons. The fourth-order valence-electron chi connectivity index (χ4n) is 4.13. The Balaban J connectivity index is 1.21. The second-order valence-electron chi connectivity index (χ2n) is 8.61. The van der Waals surface area contributed by atoms with Crippen LogP contribution >= 0.6 is 11.6 Å². The number of hydrogen-bond donors (Lipinski definition) is 1. The van der Waals surface area contributed by atoms with E-state index < -0.39 is 0 Å². The summed E-state index contributed by atoms with van der Waals surface area (Å²) in [5, 5.41) is 3.62. The lowest BCUT2D eigenvalue weighted by Crippen LogP contribution is -2.24. The smallest absolute Gasteiger partial charge is 0.251 e. The van der Waals surface area contributed by atoms with Crippen molar-refractivity contribution in [3.05, 3.63) is 95.3 Å². The molecular formula is C29H32ClN3O2. The summed E-state index contributed by atoms with van der Waals surface area (Å²) in [7, 11) is 0. The Hall–Kier alpha value is -3.31. The van der Waals surface area contributed by atoms with E-state index in [4.69, 9.17) is 21.3 Å². The summed E-state index contributed by atoms with van der Waals surface area (Å²) in [5.41, 5.74) is 2.89. The fourth-order valence-corrected chi connectivity index (χ4v) is 4.26. The van der Waals surface area contributed by atoms with Crippen LogP contribution < -0.4 is 10.1 Å². The Kier molecular flexibility index (Phi) is 9.18. The van der Waals surface area contributed by atoms with Crippen LogP contribution in [0.3, 0.4) is 0 Å². The van der Waals surface area contributed by atoms with Gasteiger partial charge < -0.3 is 14.6 Å². The molecule has 4 rings (SSSR count). The van der Waals surface area contributed by atoms with E-state index in [1.165, 1.54) is 5.52 Å². The molecule has 0 aliphatic heterocycles. The SMILES string of the molecule is O=C(NCCCCCc1nc2ccccc2n1CCCCOc1ccccc1)c1ccc(Cl)cc1. The number of ether oxygens (including phenoxy) is 1. The molecule has 4 aromatic rings. The number of unbranched alkanes of at least 4 members (excludes halogenated alkanes) is 3. The van der Waals surface area contributed by atoms with Crippen LogP contribution in [0.2, 0.25) is 5.02 Å². The van der Waals surface area contributed by atoms with Gasteiger partial charge in [0.1, 0.15) is 11.6 Å². The minimum Gasteiger partial charge on any atom is -0.494 e. The molecule has 6 heteroatoms. The molecule has 182 valence electrons. The number of para-hydroxylation sites is 3. The number of imidazole rings is 1. The van der Waals surface area contributed by atoms with Gasteiger partial charge in [0.25, 0.3) is 5.91 Å². The summed E-state index contributed by atoms with van der Waals surface area (Å²) < 4.78 is 8.20. The van der Waals surface area contributed by atoms with Crippen molar-refractivity contribution in [2.75, 3.05) is 13.2 Å². The highest BCUT2D eigenvalue weighted by Crippen LogP contribution is 2.19. The van der Waals surface area contributed by atoms with E-state index in [1.54, 1.807) is 24.3 Å². The predicted molar refractivity (Wildman–Crippen MR) is 142 cm³/mol. The number of carbonyl (C=O) groups is 1. The van der Waals surface area contributed by atoms with Crippen molar-refractivity contribution in [2.24, 2.45) is 0 Å². The van der Waals surface area contributed by atoms with E-state index in [9.17, 15) is 4.79 Å². The first kappa shape index (κ1) is 24.8. The van der Waals surface area contributed by atoms with Crippen LogP contribution in [0.15, 0.2) is 78.9 Å². The van der Waals surface area contributed by atoms with Gasteiger partial charge in [-0.3, -0.25) is 4.79 Å². The molecule has 35 heavy (non-hydrogen) atoms. The molecule has 1 amide bonds. The van der Waals surface area contributed by atoms with Gasteiger partial charge in [-0.1, -0.05) is 48.4 Å². The van der Waals surface area contributed by atoms with E-state index >= 15 is 0 Å².